The van der Waals surface area contributed by atoms with Crippen LogP contribution in [0.5, 0.6) is 0 Å². The van der Waals surface area contributed by atoms with Crippen LogP contribution in [0.25, 0.3) is 0 Å². The number of nitrogens with two attached hydrogens (primary N) is 1. The van der Waals surface area contributed by atoms with Crippen LogP contribution < -0.4 is 10.7 Å². The van der Waals surface area contributed by atoms with Crippen molar-refractivity contribution in [3.05, 3.63) is 53.1 Å². The summed E-state index contributed by atoms with van der Waals surface area (Å²) in [6.45, 7) is 0.518. The van der Waals surface area contributed by atoms with Crippen molar-refractivity contribution in [1.29, 1.82) is 10.5 Å². The van der Waals surface area contributed by atoms with Gasteiger partial charge < -0.3 is 4.90 Å². The predicted molar refractivity (Wildman–Crippen MR) is 90.5 cm³/mol. The Hall–Kier alpha value is -3.03. The molecule has 1 aromatic carbocycles. The van der Waals surface area contributed by atoms with E-state index in [0.29, 0.717) is 17.1 Å². The average Bonchev–Trinajstić information content (AvgIpc) is 2.60. The van der Waals surface area contributed by atoms with Crippen LogP contribution in [-0.2, 0) is 11.3 Å². The maximum atomic E-state index is 12.3. The number of amides is 1. The summed E-state index contributed by atoms with van der Waals surface area (Å²) in [6, 6.07) is 15.0. The molecule has 2 aromatic rings. The van der Waals surface area contributed by atoms with Gasteiger partial charge in [0.05, 0.1) is 5.75 Å². The number of nitrogens with zero attached hydrogens (tertiary/aromatic N) is 3. The molecule has 0 aliphatic rings. The van der Waals surface area contributed by atoms with Gasteiger partial charge in [-0.3, -0.25) is 10.5 Å². The molecule has 120 valence electrons. The van der Waals surface area contributed by atoms with Crippen LogP contribution in [0.4, 0.5) is 5.82 Å². The van der Waals surface area contributed by atoms with Gasteiger partial charge in [-0.05, 0) is 11.6 Å². The van der Waals surface area contributed by atoms with Gasteiger partial charge in [-0.2, -0.15) is 10.5 Å². The first-order chi connectivity index (χ1) is 11.5. The monoisotopic (exact) mass is 338 g/mol. The molecule has 3 N–H and O–H groups in total. The number of hydrogen-bond donors (Lipinski definition) is 1. The summed E-state index contributed by atoms with van der Waals surface area (Å²) in [6.07, 6.45) is 0. The number of carbonyl (C=O) groups excluding carboxylic acids is 1. The molecule has 6 nitrogen and oxygen atoms in total. The van der Waals surface area contributed by atoms with Crippen LogP contribution in [0.3, 0.4) is 0 Å². The lowest BCUT2D eigenvalue weighted by Crippen LogP contribution is -2.28. The number of aromatic nitrogens is 1. The lowest BCUT2D eigenvalue weighted by molar-refractivity contribution is -0.410. The van der Waals surface area contributed by atoms with E-state index in [0.717, 1.165) is 5.56 Å². The van der Waals surface area contributed by atoms with E-state index in [1.54, 1.807) is 11.9 Å². The van der Waals surface area contributed by atoms with E-state index in [1.807, 2.05) is 42.5 Å². The van der Waals surface area contributed by atoms with Crippen molar-refractivity contribution < 1.29 is 9.78 Å². The Kier molecular flexibility index (Phi) is 5.78. The van der Waals surface area contributed by atoms with E-state index in [4.69, 9.17) is 16.3 Å². The molecule has 0 radical (unpaired) electrons. The second kappa shape index (κ2) is 8.00. The molecule has 1 heterocycles. The van der Waals surface area contributed by atoms with Gasteiger partial charge in [-0.1, -0.05) is 42.1 Å². The molecule has 1 aromatic heterocycles. The summed E-state index contributed by atoms with van der Waals surface area (Å²) < 4.78 is 0. The number of hydrogen-bond acceptors (Lipinski definition) is 5. The number of nitrogen functional groups attached to an aromatic ring is 1. The molecule has 0 saturated carbocycles. The Bertz CT molecular complexity index is 823. The second-order valence-corrected chi connectivity index (χ2v) is 6.07. The Morgan fingerprint density at radius 3 is 2.54 bits per heavy atom. The molecule has 0 aliphatic heterocycles. The van der Waals surface area contributed by atoms with Crippen molar-refractivity contribution in [2.45, 2.75) is 11.6 Å². The van der Waals surface area contributed by atoms with Crippen LogP contribution in [0.2, 0.25) is 0 Å². The summed E-state index contributed by atoms with van der Waals surface area (Å²) in [5, 5.41) is 18.6. The number of carbonyl (C=O) groups is 1. The van der Waals surface area contributed by atoms with Gasteiger partial charge in [0.2, 0.25) is 5.91 Å². The second-order valence-electron chi connectivity index (χ2n) is 5.09. The van der Waals surface area contributed by atoms with Crippen molar-refractivity contribution in [2.75, 3.05) is 18.5 Å². The summed E-state index contributed by atoms with van der Waals surface area (Å²) in [5.41, 5.74) is 7.28. The topological polar surface area (TPSA) is 108 Å². The highest BCUT2D eigenvalue weighted by Gasteiger charge is 2.17. The number of nitriles is 2. The minimum atomic E-state index is -0.0657. The largest absolute Gasteiger partial charge is 0.341 e. The zero-order chi connectivity index (χ0) is 17.5. The Morgan fingerprint density at radius 1 is 1.25 bits per heavy atom. The molecule has 7 heteroatoms. The number of rotatable bonds is 5. The van der Waals surface area contributed by atoms with Crippen molar-refractivity contribution in [3.8, 4) is 12.1 Å². The number of aromatic amines is 1. The fourth-order valence-electron chi connectivity index (χ4n) is 2.02. The maximum Gasteiger partial charge on any atom is 0.289 e. The fraction of sp³-hybridized carbons (Fsp3) is 0.176. The lowest BCUT2D eigenvalue weighted by atomic mass is 10.2. The molecule has 0 aliphatic carbocycles. The minimum Gasteiger partial charge on any atom is -0.341 e. The predicted octanol–water partition coefficient (Wildman–Crippen LogP) is 1.58. The number of anilines is 1. The molecule has 24 heavy (non-hydrogen) atoms. The van der Waals surface area contributed by atoms with Crippen molar-refractivity contribution in [3.63, 3.8) is 0 Å². The van der Waals surface area contributed by atoms with Gasteiger partial charge in [0.1, 0.15) is 23.3 Å². The standard InChI is InChI=1S/C17H15N5OS/c1-22(10-12-5-3-2-4-6-12)15(23)11-24-17-14(9-19)7-13(8-18)16(20)21-17/h2-7H,10-11H2,1H3,(H2,20,21)/p+1. The Balaban J connectivity index is 2.03. The van der Waals surface area contributed by atoms with Gasteiger partial charge in [-0.15, -0.1) is 0 Å². The van der Waals surface area contributed by atoms with Crippen LogP contribution >= 0.6 is 11.8 Å². The smallest absolute Gasteiger partial charge is 0.289 e. The van der Waals surface area contributed by atoms with Crippen molar-refractivity contribution in [2.24, 2.45) is 0 Å². The highest BCUT2D eigenvalue weighted by molar-refractivity contribution is 7.99. The van der Waals surface area contributed by atoms with Crippen LogP contribution in [-0.4, -0.2) is 23.6 Å². The van der Waals surface area contributed by atoms with Crippen molar-refractivity contribution >= 4 is 23.5 Å². The third-order valence-electron chi connectivity index (χ3n) is 3.34. The molecule has 0 spiro atoms. The molecule has 0 fully saturated rings. The van der Waals surface area contributed by atoms with E-state index in [9.17, 15) is 4.79 Å². The van der Waals surface area contributed by atoms with E-state index < -0.39 is 0 Å². The SMILES string of the molecule is CN(Cc1ccccc1)C(=O)CSc1[nH+]c(N)c(C#N)cc1C#N. The zero-order valence-corrected chi connectivity index (χ0v) is 13.9. The van der Waals surface area contributed by atoms with E-state index in [2.05, 4.69) is 4.98 Å². The minimum absolute atomic E-state index is 0.0657. The molecular formula is C17H16N5OS+. The normalized spacial score (nSPS) is 9.79. The molecule has 0 unspecified atom stereocenters. The third-order valence-corrected chi connectivity index (χ3v) is 4.34. The Labute approximate surface area is 144 Å². The van der Waals surface area contributed by atoms with Gasteiger partial charge in [0.25, 0.3) is 5.82 Å². The first kappa shape index (κ1) is 17.3. The van der Waals surface area contributed by atoms with Gasteiger partial charge in [-0.25, -0.2) is 4.98 Å². The molecular weight excluding hydrogens is 322 g/mol. The van der Waals surface area contributed by atoms with Crippen molar-refractivity contribution in [1.82, 2.24) is 4.90 Å². The van der Waals surface area contributed by atoms with Crippen LogP contribution in [0.1, 0.15) is 16.7 Å². The van der Waals surface area contributed by atoms with Crippen LogP contribution in [0, 0.1) is 22.7 Å². The first-order valence-corrected chi connectivity index (χ1v) is 8.10. The number of benzene rings is 1. The van der Waals surface area contributed by atoms with Gasteiger partial charge in [0, 0.05) is 13.6 Å². The van der Waals surface area contributed by atoms with E-state index in [1.165, 1.54) is 17.8 Å². The molecule has 0 atom stereocenters. The summed E-state index contributed by atoms with van der Waals surface area (Å²) >= 11 is 1.19. The van der Waals surface area contributed by atoms with Crippen LogP contribution in [0.15, 0.2) is 41.4 Å². The van der Waals surface area contributed by atoms with Gasteiger partial charge >= 0.3 is 0 Å². The summed E-state index contributed by atoms with van der Waals surface area (Å²) in [7, 11) is 1.73. The summed E-state index contributed by atoms with van der Waals surface area (Å²) in [4.78, 5) is 16.7. The number of pyridine rings is 1. The number of nitrogens with one attached hydrogen (secondary N) is 1. The zero-order valence-electron chi connectivity index (χ0n) is 13.1. The maximum absolute atomic E-state index is 12.3. The quantitative estimate of drug-likeness (QED) is 0.833. The van der Waals surface area contributed by atoms with E-state index in [-0.39, 0.29) is 23.0 Å². The average molecular weight is 338 g/mol. The highest BCUT2D eigenvalue weighted by Crippen LogP contribution is 2.20. The first-order valence-electron chi connectivity index (χ1n) is 7.12. The van der Waals surface area contributed by atoms with E-state index >= 15 is 0 Å². The molecule has 2 rings (SSSR count). The lowest BCUT2D eigenvalue weighted by Gasteiger charge is -2.16. The number of thioether (sulfide) groups is 1. The molecule has 1 amide bonds. The molecule has 0 bridgehead atoms. The Morgan fingerprint density at radius 2 is 1.92 bits per heavy atom. The highest BCUT2D eigenvalue weighted by atomic mass is 32.2. The van der Waals surface area contributed by atoms with Gasteiger partial charge in [0.15, 0.2) is 5.03 Å². The fourth-order valence-corrected chi connectivity index (χ4v) is 2.95. The number of H-pyrrole nitrogens is 1. The summed E-state index contributed by atoms with van der Waals surface area (Å²) in [5.74, 6) is 0.285. The third kappa shape index (κ3) is 4.25. The molecule has 0 saturated heterocycles.